The van der Waals surface area contributed by atoms with Crippen molar-refractivity contribution in [1.29, 1.82) is 0 Å². The molecular weight excluding hydrogens is 376 g/mol. The third-order valence-corrected chi connectivity index (χ3v) is 4.17. The molecule has 5 nitrogen and oxygen atoms in total. The molecule has 1 rings (SSSR count). The SMILES string of the molecule is C=C(/N=C\C)C(=CCC/C(OCC)=C(\C)OC)C(=C)Oc1ccc(N)c(Cl)c1. The Bertz CT molecular complexity index is 795. The summed E-state index contributed by atoms with van der Waals surface area (Å²) in [6.07, 6.45) is 4.98. The fourth-order valence-electron chi connectivity index (χ4n) is 2.37. The highest BCUT2D eigenvalue weighted by Crippen LogP contribution is 2.28. The molecule has 1 aromatic rings. The molecule has 0 radical (unpaired) electrons. The highest BCUT2D eigenvalue weighted by atomic mass is 35.5. The number of halogens is 1. The first-order chi connectivity index (χ1) is 13.3. The maximum Gasteiger partial charge on any atom is 0.133 e. The van der Waals surface area contributed by atoms with E-state index in [0.29, 0.717) is 52.9 Å². The van der Waals surface area contributed by atoms with Gasteiger partial charge in [-0.25, -0.2) is 0 Å². The van der Waals surface area contributed by atoms with Gasteiger partial charge in [-0.3, -0.25) is 4.99 Å². The minimum Gasteiger partial charge on any atom is -0.498 e. The zero-order chi connectivity index (χ0) is 21.1. The van der Waals surface area contributed by atoms with Crippen molar-refractivity contribution in [2.24, 2.45) is 4.99 Å². The molecule has 0 aliphatic rings. The van der Waals surface area contributed by atoms with E-state index in [2.05, 4.69) is 18.2 Å². The van der Waals surface area contributed by atoms with Gasteiger partial charge in [0.25, 0.3) is 0 Å². The topological polar surface area (TPSA) is 66.1 Å². The Kier molecular flexibility index (Phi) is 9.96. The third-order valence-electron chi connectivity index (χ3n) is 3.85. The van der Waals surface area contributed by atoms with Gasteiger partial charge in [0, 0.05) is 24.3 Å². The number of benzene rings is 1. The lowest BCUT2D eigenvalue weighted by molar-refractivity contribution is 0.179. The van der Waals surface area contributed by atoms with Gasteiger partial charge < -0.3 is 19.9 Å². The van der Waals surface area contributed by atoms with Crippen LogP contribution in [-0.2, 0) is 9.47 Å². The summed E-state index contributed by atoms with van der Waals surface area (Å²) in [5.74, 6) is 2.52. The minimum absolute atomic E-state index is 0.418. The molecule has 0 aromatic heterocycles. The first kappa shape index (κ1) is 23.4. The lowest BCUT2D eigenvalue weighted by Gasteiger charge is -2.14. The smallest absolute Gasteiger partial charge is 0.133 e. The number of methoxy groups -OCH3 is 1. The number of anilines is 1. The maximum atomic E-state index is 6.06. The van der Waals surface area contributed by atoms with Crippen molar-refractivity contribution in [2.45, 2.75) is 33.6 Å². The summed E-state index contributed by atoms with van der Waals surface area (Å²) in [5.41, 5.74) is 7.49. The van der Waals surface area contributed by atoms with Gasteiger partial charge in [0.2, 0.25) is 0 Å². The second-order valence-electron chi connectivity index (χ2n) is 5.82. The Balaban J connectivity index is 3.01. The molecule has 152 valence electrons. The number of nitrogen functional groups attached to an aromatic ring is 1. The van der Waals surface area contributed by atoms with Crippen LogP contribution in [0.2, 0.25) is 5.02 Å². The summed E-state index contributed by atoms with van der Waals surface area (Å²) in [5, 5.41) is 0.419. The molecule has 0 unspecified atom stereocenters. The van der Waals surface area contributed by atoms with E-state index in [4.69, 9.17) is 31.5 Å². The standard InChI is InChI=1S/C22H29ClN2O3/c1-7-25-15(3)19(10-9-11-22(27-8-2)17(5)26-6)16(4)28-18-12-13-21(24)20(23)14-18/h7,10,12-14H,3-4,8-9,11,24H2,1-2,5-6H3/b19-10?,22-17-,25-7-. The van der Waals surface area contributed by atoms with Crippen LogP contribution in [0.4, 0.5) is 5.69 Å². The summed E-state index contributed by atoms with van der Waals surface area (Å²) >= 11 is 6.06. The number of nitrogens with two attached hydrogens (primary N) is 1. The van der Waals surface area contributed by atoms with E-state index in [0.717, 1.165) is 11.5 Å². The summed E-state index contributed by atoms with van der Waals surface area (Å²) < 4.78 is 16.8. The Morgan fingerprint density at radius 2 is 2.04 bits per heavy atom. The van der Waals surface area contributed by atoms with E-state index in [1.807, 2.05) is 26.8 Å². The van der Waals surface area contributed by atoms with Crippen molar-refractivity contribution in [1.82, 2.24) is 0 Å². The molecule has 0 heterocycles. The van der Waals surface area contributed by atoms with Crippen molar-refractivity contribution in [2.75, 3.05) is 19.5 Å². The summed E-state index contributed by atoms with van der Waals surface area (Å²) in [6, 6.07) is 5.05. The molecule has 0 spiro atoms. The first-order valence-electron chi connectivity index (χ1n) is 9.00. The molecule has 0 bridgehead atoms. The number of hydrogen-bond acceptors (Lipinski definition) is 5. The molecule has 0 atom stereocenters. The average Bonchev–Trinajstić information content (AvgIpc) is 2.66. The fraction of sp³-hybridized carbons (Fsp3) is 0.318. The van der Waals surface area contributed by atoms with Gasteiger partial charge in [0.05, 0.1) is 30.1 Å². The Labute approximate surface area is 172 Å². The van der Waals surface area contributed by atoms with E-state index in [-0.39, 0.29) is 0 Å². The predicted molar refractivity (Wildman–Crippen MR) is 118 cm³/mol. The number of rotatable bonds is 11. The van der Waals surface area contributed by atoms with Crippen molar-refractivity contribution in [3.8, 4) is 5.75 Å². The summed E-state index contributed by atoms with van der Waals surface area (Å²) in [4.78, 5) is 4.26. The number of allylic oxidation sites excluding steroid dienone is 3. The van der Waals surface area contributed by atoms with Gasteiger partial charge in [0.1, 0.15) is 23.0 Å². The molecule has 2 N–H and O–H groups in total. The van der Waals surface area contributed by atoms with Crippen LogP contribution in [0.1, 0.15) is 33.6 Å². The van der Waals surface area contributed by atoms with Crippen LogP contribution in [0.5, 0.6) is 5.75 Å². The monoisotopic (exact) mass is 404 g/mol. The van der Waals surface area contributed by atoms with Crippen LogP contribution in [0.3, 0.4) is 0 Å². The van der Waals surface area contributed by atoms with Crippen molar-refractivity contribution >= 4 is 23.5 Å². The third kappa shape index (κ3) is 7.16. The van der Waals surface area contributed by atoms with Crippen LogP contribution in [-0.4, -0.2) is 19.9 Å². The molecule has 6 heteroatoms. The van der Waals surface area contributed by atoms with Gasteiger partial charge in [-0.15, -0.1) is 0 Å². The van der Waals surface area contributed by atoms with E-state index >= 15 is 0 Å². The lowest BCUT2D eigenvalue weighted by atomic mass is 10.1. The second kappa shape index (κ2) is 11.9. The maximum absolute atomic E-state index is 6.06. The number of hydrogen-bond donors (Lipinski definition) is 1. The largest absolute Gasteiger partial charge is 0.498 e. The fourth-order valence-corrected chi connectivity index (χ4v) is 2.54. The van der Waals surface area contributed by atoms with Gasteiger partial charge in [-0.05, 0) is 39.3 Å². The molecule has 0 aliphatic heterocycles. The van der Waals surface area contributed by atoms with E-state index < -0.39 is 0 Å². The van der Waals surface area contributed by atoms with Gasteiger partial charge in [-0.1, -0.05) is 30.8 Å². The number of aliphatic imine (C=N–C) groups is 1. The van der Waals surface area contributed by atoms with Crippen LogP contribution in [0.15, 0.2) is 71.0 Å². The van der Waals surface area contributed by atoms with Crippen LogP contribution in [0, 0.1) is 0 Å². The molecule has 0 amide bonds. The van der Waals surface area contributed by atoms with E-state index in [1.54, 1.807) is 31.5 Å². The zero-order valence-corrected chi connectivity index (χ0v) is 17.8. The number of ether oxygens (including phenoxy) is 3. The predicted octanol–water partition coefficient (Wildman–Crippen LogP) is 6.04. The first-order valence-corrected chi connectivity index (χ1v) is 9.38. The van der Waals surface area contributed by atoms with Crippen LogP contribution >= 0.6 is 11.6 Å². The molecule has 1 aromatic carbocycles. The minimum atomic E-state index is 0.418. The average molecular weight is 405 g/mol. The van der Waals surface area contributed by atoms with Crippen LogP contribution < -0.4 is 10.5 Å². The highest BCUT2D eigenvalue weighted by Gasteiger charge is 2.11. The Hall–Kier alpha value is -2.66. The van der Waals surface area contributed by atoms with Crippen molar-refractivity contribution in [3.05, 3.63) is 71.0 Å². The van der Waals surface area contributed by atoms with E-state index in [1.165, 1.54) is 0 Å². The highest BCUT2D eigenvalue weighted by molar-refractivity contribution is 6.33. The van der Waals surface area contributed by atoms with E-state index in [9.17, 15) is 0 Å². The van der Waals surface area contributed by atoms with Gasteiger partial charge in [-0.2, -0.15) is 0 Å². The summed E-state index contributed by atoms with van der Waals surface area (Å²) in [7, 11) is 1.63. The van der Waals surface area contributed by atoms with Crippen molar-refractivity contribution in [3.63, 3.8) is 0 Å². The number of nitrogens with zero attached hydrogens (tertiary/aromatic N) is 1. The Morgan fingerprint density at radius 3 is 2.61 bits per heavy atom. The normalized spacial score (nSPS) is 12.5. The zero-order valence-electron chi connectivity index (χ0n) is 17.0. The second-order valence-corrected chi connectivity index (χ2v) is 6.22. The molecule has 0 saturated carbocycles. The van der Waals surface area contributed by atoms with Crippen LogP contribution in [0.25, 0.3) is 0 Å². The van der Waals surface area contributed by atoms with Gasteiger partial charge >= 0.3 is 0 Å². The molecule has 28 heavy (non-hydrogen) atoms. The summed E-state index contributed by atoms with van der Waals surface area (Å²) in [6.45, 7) is 14.2. The lowest BCUT2D eigenvalue weighted by Crippen LogP contribution is -2.01. The Morgan fingerprint density at radius 1 is 1.32 bits per heavy atom. The van der Waals surface area contributed by atoms with Gasteiger partial charge in [0.15, 0.2) is 0 Å². The molecule has 0 aliphatic carbocycles. The quantitative estimate of drug-likeness (QED) is 0.211. The van der Waals surface area contributed by atoms with Crippen molar-refractivity contribution < 1.29 is 14.2 Å². The molecule has 0 saturated heterocycles. The molecular formula is C22H29ClN2O3. The molecule has 0 fully saturated rings.